The number of benzene rings is 2. The van der Waals surface area contributed by atoms with Crippen molar-refractivity contribution in [2.45, 2.75) is 32.4 Å². The van der Waals surface area contributed by atoms with Gasteiger partial charge in [0.1, 0.15) is 11.9 Å². The summed E-state index contributed by atoms with van der Waals surface area (Å²) < 4.78 is 14.0. The van der Waals surface area contributed by atoms with E-state index in [1.54, 1.807) is 31.2 Å². The molecule has 1 atom stereocenters. The summed E-state index contributed by atoms with van der Waals surface area (Å²) in [6, 6.07) is 12.8. The number of carbonyl (C=O) groups excluding carboxylic acids is 2. The summed E-state index contributed by atoms with van der Waals surface area (Å²) in [7, 11) is 1.51. The molecule has 0 spiro atoms. The zero-order valence-electron chi connectivity index (χ0n) is 14.8. The predicted molar refractivity (Wildman–Crippen MR) is 100 cm³/mol. The van der Waals surface area contributed by atoms with Crippen molar-refractivity contribution in [1.82, 2.24) is 10.2 Å². The van der Waals surface area contributed by atoms with Gasteiger partial charge in [-0.15, -0.1) is 0 Å². The number of likely N-dealkylation sites (N-methyl/N-ethyl adjacent to an activating group) is 1. The molecule has 4 nitrogen and oxygen atoms in total. The van der Waals surface area contributed by atoms with Crippen LogP contribution in [0.1, 0.15) is 24.5 Å². The standard InChI is InChI=1S/C20H22ClFN2O2/c1-14(20(26)23-2)24(13-16-8-4-6-10-18(16)22)19(25)12-11-15-7-3-5-9-17(15)21/h3-10,14H,11-13H2,1-2H3,(H,23,26)/t14-/m1/s1. The monoisotopic (exact) mass is 376 g/mol. The zero-order chi connectivity index (χ0) is 19.1. The lowest BCUT2D eigenvalue weighted by Crippen LogP contribution is -2.46. The van der Waals surface area contributed by atoms with Crippen LogP contribution in [0.3, 0.4) is 0 Å². The van der Waals surface area contributed by atoms with Gasteiger partial charge >= 0.3 is 0 Å². The van der Waals surface area contributed by atoms with Crippen LogP contribution in [-0.4, -0.2) is 29.8 Å². The largest absolute Gasteiger partial charge is 0.357 e. The lowest BCUT2D eigenvalue weighted by atomic mass is 10.1. The minimum absolute atomic E-state index is 0.0304. The Kier molecular flexibility index (Phi) is 7.16. The Balaban J connectivity index is 2.17. The molecule has 2 rings (SSSR count). The van der Waals surface area contributed by atoms with E-state index in [0.717, 1.165) is 5.56 Å². The number of hydrogen-bond acceptors (Lipinski definition) is 2. The third-order valence-electron chi connectivity index (χ3n) is 4.28. The van der Waals surface area contributed by atoms with Gasteiger partial charge in [0.2, 0.25) is 11.8 Å². The molecular weight excluding hydrogens is 355 g/mol. The van der Waals surface area contributed by atoms with E-state index in [9.17, 15) is 14.0 Å². The Hall–Kier alpha value is -2.40. The van der Waals surface area contributed by atoms with Crippen LogP contribution in [0.4, 0.5) is 4.39 Å². The summed E-state index contributed by atoms with van der Waals surface area (Å²) in [4.78, 5) is 26.2. The zero-order valence-corrected chi connectivity index (χ0v) is 15.6. The van der Waals surface area contributed by atoms with Crippen LogP contribution in [0.5, 0.6) is 0 Å². The molecule has 0 aliphatic heterocycles. The van der Waals surface area contributed by atoms with Gasteiger partial charge in [0, 0.05) is 30.6 Å². The normalized spacial score (nSPS) is 11.7. The first-order chi connectivity index (χ1) is 12.4. The number of aryl methyl sites for hydroxylation is 1. The molecular formula is C20H22ClFN2O2. The number of rotatable bonds is 7. The fourth-order valence-electron chi connectivity index (χ4n) is 2.69. The Morgan fingerprint density at radius 2 is 1.73 bits per heavy atom. The molecule has 0 unspecified atom stereocenters. The quantitative estimate of drug-likeness (QED) is 0.803. The Labute approximate surface area is 158 Å². The average molecular weight is 377 g/mol. The number of amides is 2. The summed E-state index contributed by atoms with van der Waals surface area (Å²) in [5.74, 6) is -0.933. The highest BCUT2D eigenvalue weighted by molar-refractivity contribution is 6.31. The molecule has 2 aromatic rings. The van der Waals surface area contributed by atoms with Gasteiger partial charge in [0.15, 0.2) is 0 Å². The Morgan fingerprint density at radius 3 is 2.35 bits per heavy atom. The summed E-state index contributed by atoms with van der Waals surface area (Å²) in [6.07, 6.45) is 0.631. The molecule has 2 aromatic carbocycles. The van der Waals surface area contributed by atoms with Crippen molar-refractivity contribution in [2.75, 3.05) is 7.05 Å². The molecule has 138 valence electrons. The topological polar surface area (TPSA) is 49.4 Å². The number of hydrogen-bond donors (Lipinski definition) is 1. The number of carbonyl (C=O) groups is 2. The van der Waals surface area contributed by atoms with Gasteiger partial charge < -0.3 is 10.2 Å². The molecule has 0 saturated carbocycles. The molecule has 26 heavy (non-hydrogen) atoms. The Morgan fingerprint density at radius 1 is 1.12 bits per heavy atom. The second-order valence-corrected chi connectivity index (χ2v) is 6.40. The Bertz CT molecular complexity index is 782. The molecule has 6 heteroatoms. The molecule has 2 amide bonds. The van der Waals surface area contributed by atoms with Crippen molar-refractivity contribution in [1.29, 1.82) is 0 Å². The fraction of sp³-hybridized carbons (Fsp3) is 0.300. The number of nitrogens with one attached hydrogen (secondary N) is 1. The third kappa shape index (κ3) is 5.05. The van der Waals surface area contributed by atoms with E-state index in [0.29, 0.717) is 17.0 Å². The first kappa shape index (κ1) is 19.9. The van der Waals surface area contributed by atoms with Gasteiger partial charge in [-0.2, -0.15) is 0 Å². The fourth-order valence-corrected chi connectivity index (χ4v) is 2.92. The van der Waals surface area contributed by atoms with E-state index in [4.69, 9.17) is 11.6 Å². The van der Waals surface area contributed by atoms with Crippen LogP contribution in [0, 0.1) is 5.82 Å². The van der Waals surface area contributed by atoms with Crippen molar-refractivity contribution < 1.29 is 14.0 Å². The van der Waals surface area contributed by atoms with Crippen LogP contribution in [0.15, 0.2) is 48.5 Å². The first-order valence-electron chi connectivity index (χ1n) is 8.42. The SMILES string of the molecule is CNC(=O)[C@@H](C)N(Cc1ccccc1F)C(=O)CCc1ccccc1Cl. The second kappa shape index (κ2) is 9.34. The maximum absolute atomic E-state index is 14.0. The van der Waals surface area contributed by atoms with Gasteiger partial charge in [0.25, 0.3) is 0 Å². The van der Waals surface area contributed by atoms with E-state index < -0.39 is 11.9 Å². The van der Waals surface area contributed by atoms with Gasteiger partial charge in [-0.1, -0.05) is 48.0 Å². The van der Waals surface area contributed by atoms with Gasteiger partial charge in [-0.25, -0.2) is 4.39 Å². The maximum Gasteiger partial charge on any atom is 0.242 e. The lowest BCUT2D eigenvalue weighted by molar-refractivity contribution is -0.140. The average Bonchev–Trinajstić information content (AvgIpc) is 2.65. The smallest absolute Gasteiger partial charge is 0.242 e. The first-order valence-corrected chi connectivity index (χ1v) is 8.79. The molecule has 0 heterocycles. The van der Waals surface area contributed by atoms with Gasteiger partial charge in [-0.3, -0.25) is 9.59 Å². The lowest BCUT2D eigenvalue weighted by Gasteiger charge is -2.28. The summed E-state index contributed by atoms with van der Waals surface area (Å²) in [5.41, 5.74) is 1.23. The molecule has 0 aliphatic carbocycles. The van der Waals surface area contributed by atoms with E-state index in [1.807, 2.05) is 18.2 Å². The molecule has 0 aromatic heterocycles. The molecule has 0 radical (unpaired) electrons. The minimum Gasteiger partial charge on any atom is -0.357 e. The minimum atomic E-state index is -0.710. The summed E-state index contributed by atoms with van der Waals surface area (Å²) in [6.45, 7) is 1.66. The van der Waals surface area contributed by atoms with E-state index in [-0.39, 0.29) is 24.8 Å². The van der Waals surface area contributed by atoms with E-state index in [2.05, 4.69) is 5.32 Å². The highest BCUT2D eigenvalue weighted by atomic mass is 35.5. The second-order valence-electron chi connectivity index (χ2n) is 5.99. The van der Waals surface area contributed by atoms with Crippen LogP contribution < -0.4 is 5.32 Å². The molecule has 0 aliphatic rings. The van der Waals surface area contributed by atoms with Gasteiger partial charge in [0.05, 0.1) is 0 Å². The van der Waals surface area contributed by atoms with Crippen LogP contribution in [0.2, 0.25) is 5.02 Å². The highest BCUT2D eigenvalue weighted by Crippen LogP contribution is 2.19. The van der Waals surface area contributed by atoms with Gasteiger partial charge in [-0.05, 0) is 31.0 Å². The third-order valence-corrected chi connectivity index (χ3v) is 4.65. The van der Waals surface area contributed by atoms with Crippen LogP contribution >= 0.6 is 11.6 Å². The van der Waals surface area contributed by atoms with Crippen molar-refractivity contribution in [2.24, 2.45) is 0 Å². The molecule has 0 fully saturated rings. The van der Waals surface area contributed by atoms with Crippen molar-refractivity contribution in [3.63, 3.8) is 0 Å². The van der Waals surface area contributed by atoms with Crippen molar-refractivity contribution in [3.8, 4) is 0 Å². The highest BCUT2D eigenvalue weighted by Gasteiger charge is 2.26. The number of nitrogens with zero attached hydrogens (tertiary/aromatic N) is 1. The molecule has 0 saturated heterocycles. The number of halogens is 2. The summed E-state index contributed by atoms with van der Waals surface area (Å²) >= 11 is 6.13. The van der Waals surface area contributed by atoms with Crippen LogP contribution in [0.25, 0.3) is 0 Å². The van der Waals surface area contributed by atoms with Crippen LogP contribution in [-0.2, 0) is 22.6 Å². The van der Waals surface area contributed by atoms with E-state index in [1.165, 1.54) is 18.0 Å². The summed E-state index contributed by atoms with van der Waals surface area (Å²) in [5, 5.41) is 3.13. The van der Waals surface area contributed by atoms with Crippen molar-refractivity contribution >= 4 is 23.4 Å². The molecule has 1 N–H and O–H groups in total. The van der Waals surface area contributed by atoms with Crippen molar-refractivity contribution in [3.05, 3.63) is 70.5 Å². The molecule has 0 bridgehead atoms. The van der Waals surface area contributed by atoms with E-state index >= 15 is 0 Å². The predicted octanol–water partition coefficient (Wildman–Crippen LogP) is 3.58. The maximum atomic E-state index is 14.0.